The van der Waals surface area contributed by atoms with Crippen LogP contribution in [0.1, 0.15) is 16.0 Å². The van der Waals surface area contributed by atoms with E-state index in [9.17, 15) is 13.2 Å². The molecular weight excluding hydrogens is 348 g/mol. The minimum absolute atomic E-state index is 0.0131. The molecule has 4 N–H and O–H groups in total. The van der Waals surface area contributed by atoms with Crippen LogP contribution in [-0.4, -0.2) is 26.0 Å². The van der Waals surface area contributed by atoms with Crippen LogP contribution in [0.5, 0.6) is 0 Å². The number of aliphatic hydroxyl groups is 1. The van der Waals surface area contributed by atoms with E-state index in [-0.39, 0.29) is 17.4 Å². The van der Waals surface area contributed by atoms with Crippen LogP contribution >= 0.6 is 11.3 Å². The number of hydrogen-bond donors (Lipinski definition) is 3. The summed E-state index contributed by atoms with van der Waals surface area (Å²) in [5.41, 5.74) is 1.72. The van der Waals surface area contributed by atoms with Crippen molar-refractivity contribution >= 4 is 33.3 Å². The molecule has 0 unspecified atom stereocenters. The SMILES string of the molecule is NS(=O)(=O)c1ccc(CCNC(=O)C=Cc2cc(CO)cs2)cc1. The molecule has 0 aliphatic rings. The molecule has 1 amide bonds. The summed E-state index contributed by atoms with van der Waals surface area (Å²) in [4.78, 5) is 12.7. The molecule has 24 heavy (non-hydrogen) atoms. The smallest absolute Gasteiger partial charge is 0.244 e. The van der Waals surface area contributed by atoms with E-state index in [0.717, 1.165) is 16.0 Å². The van der Waals surface area contributed by atoms with Crippen molar-refractivity contribution < 1.29 is 18.3 Å². The van der Waals surface area contributed by atoms with Crippen LogP contribution in [0.4, 0.5) is 0 Å². The lowest BCUT2D eigenvalue weighted by molar-refractivity contribution is -0.116. The van der Waals surface area contributed by atoms with E-state index in [1.54, 1.807) is 18.2 Å². The number of nitrogens with two attached hydrogens (primary N) is 1. The lowest BCUT2D eigenvalue weighted by atomic mass is 10.1. The summed E-state index contributed by atoms with van der Waals surface area (Å²) in [5.74, 6) is -0.213. The van der Waals surface area contributed by atoms with Crippen LogP contribution in [0, 0.1) is 0 Å². The second-order valence-electron chi connectivity index (χ2n) is 5.08. The number of carbonyl (C=O) groups is 1. The molecule has 8 heteroatoms. The third-order valence-corrected chi connectivity index (χ3v) is 5.10. The fourth-order valence-corrected chi connectivity index (χ4v) is 3.27. The first-order valence-corrected chi connectivity index (χ1v) is 9.57. The molecule has 0 bridgehead atoms. The normalized spacial score (nSPS) is 11.8. The van der Waals surface area contributed by atoms with Gasteiger partial charge in [-0.2, -0.15) is 0 Å². The summed E-state index contributed by atoms with van der Waals surface area (Å²) in [7, 11) is -3.68. The fraction of sp³-hybridized carbons (Fsp3) is 0.188. The van der Waals surface area contributed by atoms with Gasteiger partial charge in [0.2, 0.25) is 15.9 Å². The van der Waals surface area contributed by atoms with Gasteiger partial charge in [0.1, 0.15) is 0 Å². The maximum absolute atomic E-state index is 11.7. The molecule has 2 rings (SSSR count). The Morgan fingerprint density at radius 2 is 1.96 bits per heavy atom. The molecular formula is C16H18N2O4S2. The zero-order chi connectivity index (χ0) is 17.6. The predicted octanol–water partition coefficient (Wildman–Crippen LogP) is 1.26. The van der Waals surface area contributed by atoms with Crippen LogP contribution in [-0.2, 0) is 27.8 Å². The highest BCUT2D eigenvalue weighted by molar-refractivity contribution is 7.89. The number of primary sulfonamides is 1. The number of rotatable bonds is 7. The fourth-order valence-electron chi connectivity index (χ4n) is 1.96. The first-order chi connectivity index (χ1) is 11.4. The third kappa shape index (κ3) is 5.57. The number of nitrogens with one attached hydrogen (secondary N) is 1. The summed E-state index contributed by atoms with van der Waals surface area (Å²) < 4.78 is 22.3. The predicted molar refractivity (Wildman–Crippen MR) is 93.8 cm³/mol. The number of thiophene rings is 1. The van der Waals surface area contributed by atoms with Crippen molar-refractivity contribution in [2.24, 2.45) is 5.14 Å². The molecule has 6 nitrogen and oxygen atoms in total. The first kappa shape index (κ1) is 18.3. The van der Waals surface area contributed by atoms with Gasteiger partial charge in [-0.1, -0.05) is 12.1 Å². The van der Waals surface area contributed by atoms with Crippen molar-refractivity contribution in [3.8, 4) is 0 Å². The average Bonchev–Trinajstić information content (AvgIpc) is 3.01. The third-order valence-electron chi connectivity index (χ3n) is 3.22. The van der Waals surface area contributed by atoms with Crippen molar-refractivity contribution in [1.82, 2.24) is 5.32 Å². The van der Waals surface area contributed by atoms with E-state index in [2.05, 4.69) is 5.32 Å². The molecule has 1 heterocycles. The van der Waals surface area contributed by atoms with E-state index in [1.807, 2.05) is 11.4 Å². The molecule has 2 aromatic rings. The first-order valence-electron chi connectivity index (χ1n) is 7.14. The number of carbonyl (C=O) groups excluding carboxylic acids is 1. The Labute approximate surface area is 144 Å². The molecule has 0 aliphatic heterocycles. The molecule has 0 spiro atoms. The Morgan fingerprint density at radius 1 is 1.25 bits per heavy atom. The van der Waals surface area contributed by atoms with Crippen LogP contribution in [0.25, 0.3) is 6.08 Å². The number of benzene rings is 1. The average molecular weight is 366 g/mol. The van der Waals surface area contributed by atoms with Crippen LogP contribution in [0.3, 0.4) is 0 Å². The Bertz CT molecular complexity index is 824. The number of amides is 1. The summed E-state index contributed by atoms with van der Waals surface area (Å²) in [6.07, 6.45) is 3.72. The van der Waals surface area contributed by atoms with Crippen LogP contribution in [0.2, 0.25) is 0 Å². The van der Waals surface area contributed by atoms with Gasteiger partial charge in [-0.05, 0) is 47.2 Å². The molecule has 128 valence electrons. The summed E-state index contributed by atoms with van der Waals surface area (Å²) >= 11 is 1.45. The highest BCUT2D eigenvalue weighted by Crippen LogP contribution is 2.16. The molecule has 0 atom stereocenters. The van der Waals surface area contributed by atoms with Gasteiger partial charge >= 0.3 is 0 Å². The Morgan fingerprint density at radius 3 is 2.54 bits per heavy atom. The highest BCUT2D eigenvalue weighted by Gasteiger charge is 2.06. The maximum atomic E-state index is 11.7. The second kappa shape index (κ2) is 8.20. The van der Waals surface area contributed by atoms with E-state index in [1.165, 1.54) is 29.5 Å². The Balaban J connectivity index is 1.80. The molecule has 0 radical (unpaired) electrons. The minimum atomic E-state index is -3.68. The lowest BCUT2D eigenvalue weighted by Crippen LogP contribution is -2.23. The number of hydrogen-bond acceptors (Lipinski definition) is 5. The van der Waals surface area contributed by atoms with Gasteiger partial charge in [-0.3, -0.25) is 4.79 Å². The molecule has 0 saturated carbocycles. The molecule has 0 aliphatic carbocycles. The Hall–Kier alpha value is -2.00. The van der Waals surface area contributed by atoms with Gasteiger partial charge in [-0.25, -0.2) is 13.6 Å². The van der Waals surface area contributed by atoms with E-state index < -0.39 is 10.0 Å². The van der Waals surface area contributed by atoms with Crippen molar-refractivity contribution in [3.05, 3.63) is 57.8 Å². The van der Waals surface area contributed by atoms with Gasteiger partial charge in [0, 0.05) is 17.5 Å². The summed E-state index contributed by atoms with van der Waals surface area (Å²) in [6.45, 7) is 0.422. The molecule has 1 aromatic carbocycles. The van der Waals surface area contributed by atoms with E-state index >= 15 is 0 Å². The van der Waals surface area contributed by atoms with Crippen LogP contribution in [0.15, 0.2) is 46.7 Å². The Kier molecular flexibility index (Phi) is 6.27. The number of aliphatic hydroxyl groups excluding tert-OH is 1. The van der Waals surface area contributed by atoms with Crippen molar-refractivity contribution in [1.29, 1.82) is 0 Å². The van der Waals surface area contributed by atoms with Crippen LogP contribution < -0.4 is 10.5 Å². The molecule has 0 saturated heterocycles. The van der Waals surface area contributed by atoms with Crippen molar-refractivity contribution in [2.45, 2.75) is 17.9 Å². The van der Waals surface area contributed by atoms with E-state index in [0.29, 0.717) is 13.0 Å². The monoisotopic (exact) mass is 366 g/mol. The van der Waals surface area contributed by atoms with Crippen molar-refractivity contribution in [2.75, 3.05) is 6.54 Å². The number of sulfonamides is 1. The van der Waals surface area contributed by atoms with Gasteiger partial charge in [0.25, 0.3) is 0 Å². The lowest BCUT2D eigenvalue weighted by Gasteiger charge is -2.04. The van der Waals surface area contributed by atoms with E-state index in [4.69, 9.17) is 10.2 Å². The highest BCUT2D eigenvalue weighted by atomic mass is 32.2. The zero-order valence-corrected chi connectivity index (χ0v) is 14.4. The van der Waals surface area contributed by atoms with Crippen molar-refractivity contribution in [3.63, 3.8) is 0 Å². The topological polar surface area (TPSA) is 109 Å². The largest absolute Gasteiger partial charge is 0.392 e. The molecule has 1 aromatic heterocycles. The quantitative estimate of drug-likeness (QED) is 0.641. The zero-order valence-electron chi connectivity index (χ0n) is 12.8. The van der Waals surface area contributed by atoms with Gasteiger partial charge in [-0.15, -0.1) is 11.3 Å². The standard InChI is InChI=1S/C16H18N2O4S2/c17-24(21,22)15-4-1-12(2-5-15)7-8-18-16(20)6-3-14-9-13(10-19)11-23-14/h1-6,9,11,19H,7-8,10H2,(H,18,20)(H2,17,21,22). The van der Waals surface area contributed by atoms with Gasteiger partial charge < -0.3 is 10.4 Å². The summed E-state index contributed by atoms with van der Waals surface area (Å²) in [6, 6.07) is 8.05. The second-order valence-corrected chi connectivity index (χ2v) is 7.58. The van der Waals surface area contributed by atoms with Gasteiger partial charge in [0.15, 0.2) is 0 Å². The molecule has 0 fully saturated rings. The minimum Gasteiger partial charge on any atom is -0.392 e. The summed E-state index contributed by atoms with van der Waals surface area (Å²) in [5, 5.41) is 18.6. The van der Waals surface area contributed by atoms with Gasteiger partial charge in [0.05, 0.1) is 11.5 Å². The maximum Gasteiger partial charge on any atom is 0.244 e.